The van der Waals surface area contributed by atoms with Crippen molar-refractivity contribution in [2.24, 2.45) is 7.05 Å². The Morgan fingerprint density at radius 2 is 1.92 bits per heavy atom. The summed E-state index contributed by atoms with van der Waals surface area (Å²) >= 11 is 0. The highest BCUT2D eigenvalue weighted by molar-refractivity contribution is 7.91. The van der Waals surface area contributed by atoms with Gasteiger partial charge in [-0.1, -0.05) is 24.3 Å². The molecule has 7 nitrogen and oxygen atoms in total. The number of nitrogens with zero attached hydrogens (tertiary/aromatic N) is 3. The summed E-state index contributed by atoms with van der Waals surface area (Å²) < 4.78 is 25.9. The lowest BCUT2D eigenvalue weighted by Crippen LogP contribution is -2.52. The molecule has 1 aliphatic carbocycles. The number of rotatable bonds is 2. The van der Waals surface area contributed by atoms with Crippen molar-refractivity contribution in [3.05, 3.63) is 53.3 Å². The van der Waals surface area contributed by atoms with Crippen LogP contribution in [0.1, 0.15) is 22.7 Å². The fourth-order valence-corrected chi connectivity index (χ4v) is 5.35. The van der Waals surface area contributed by atoms with E-state index in [0.29, 0.717) is 0 Å². The van der Waals surface area contributed by atoms with Crippen LogP contribution in [-0.4, -0.2) is 53.2 Å². The molecule has 0 saturated carbocycles. The minimum absolute atomic E-state index is 0.00206. The highest BCUT2D eigenvalue weighted by atomic mass is 32.2. The SMILES string of the molecule is Cn1cc([C@H]2CS(=O)(=O)CCN2C(=O)NC2Cc3ccccc3C2)cn1. The van der Waals surface area contributed by atoms with E-state index in [2.05, 4.69) is 22.5 Å². The Morgan fingerprint density at radius 1 is 1.23 bits per heavy atom. The van der Waals surface area contributed by atoms with Gasteiger partial charge in [0.2, 0.25) is 0 Å². The molecule has 1 fully saturated rings. The third-order valence-electron chi connectivity index (χ3n) is 5.18. The minimum atomic E-state index is -3.17. The number of carbonyl (C=O) groups is 1. The molecule has 2 aliphatic rings. The van der Waals surface area contributed by atoms with Gasteiger partial charge in [-0.2, -0.15) is 5.10 Å². The van der Waals surface area contributed by atoms with Gasteiger partial charge in [-0.15, -0.1) is 0 Å². The second kappa shape index (κ2) is 6.42. The number of aromatic nitrogens is 2. The van der Waals surface area contributed by atoms with Gasteiger partial charge in [0.05, 0.1) is 23.7 Å². The van der Waals surface area contributed by atoms with Crippen LogP contribution in [0, 0.1) is 0 Å². The monoisotopic (exact) mass is 374 g/mol. The van der Waals surface area contributed by atoms with Gasteiger partial charge in [0.1, 0.15) is 0 Å². The smallest absolute Gasteiger partial charge is 0.318 e. The molecule has 4 rings (SSSR count). The number of urea groups is 1. The molecule has 0 unspecified atom stereocenters. The van der Waals surface area contributed by atoms with Crippen LogP contribution in [0.4, 0.5) is 4.79 Å². The summed E-state index contributed by atoms with van der Waals surface area (Å²) in [6.07, 6.45) is 5.03. The van der Waals surface area contributed by atoms with Crippen molar-refractivity contribution in [1.82, 2.24) is 20.0 Å². The number of sulfone groups is 1. The fraction of sp³-hybridized carbons (Fsp3) is 0.444. The summed E-state index contributed by atoms with van der Waals surface area (Å²) in [5.74, 6) is -0.0565. The van der Waals surface area contributed by atoms with Crippen molar-refractivity contribution < 1.29 is 13.2 Å². The van der Waals surface area contributed by atoms with Gasteiger partial charge in [0.15, 0.2) is 9.84 Å². The van der Waals surface area contributed by atoms with Crippen LogP contribution >= 0.6 is 0 Å². The lowest BCUT2D eigenvalue weighted by Gasteiger charge is -2.35. The maximum absolute atomic E-state index is 12.9. The number of fused-ring (bicyclic) bond motifs is 1. The first-order valence-corrected chi connectivity index (χ1v) is 10.6. The summed E-state index contributed by atoms with van der Waals surface area (Å²) in [6, 6.07) is 7.56. The van der Waals surface area contributed by atoms with Crippen molar-refractivity contribution in [2.75, 3.05) is 18.1 Å². The molecule has 2 heterocycles. The van der Waals surface area contributed by atoms with Gasteiger partial charge in [-0.25, -0.2) is 13.2 Å². The molecular formula is C18H22N4O3S. The number of aryl methyl sites for hydroxylation is 1. The van der Waals surface area contributed by atoms with E-state index in [0.717, 1.165) is 18.4 Å². The molecule has 1 saturated heterocycles. The first kappa shape index (κ1) is 17.1. The Morgan fingerprint density at radius 3 is 2.54 bits per heavy atom. The van der Waals surface area contributed by atoms with Crippen molar-refractivity contribution in [3.8, 4) is 0 Å². The lowest BCUT2D eigenvalue weighted by atomic mass is 10.1. The molecular weight excluding hydrogens is 352 g/mol. The predicted octanol–water partition coefficient (Wildman–Crippen LogP) is 1.07. The molecule has 1 atom stereocenters. The first-order chi connectivity index (χ1) is 12.4. The van der Waals surface area contributed by atoms with Crippen LogP contribution in [0.15, 0.2) is 36.7 Å². The summed E-state index contributed by atoms with van der Waals surface area (Å²) in [6.45, 7) is 0.202. The van der Waals surface area contributed by atoms with Crippen LogP contribution in [0.5, 0.6) is 0 Å². The van der Waals surface area contributed by atoms with Crippen molar-refractivity contribution in [1.29, 1.82) is 0 Å². The van der Waals surface area contributed by atoms with E-state index in [1.807, 2.05) is 12.1 Å². The summed E-state index contributed by atoms with van der Waals surface area (Å²) in [5.41, 5.74) is 3.28. The van der Waals surface area contributed by atoms with Gasteiger partial charge in [-0.05, 0) is 24.0 Å². The zero-order valence-electron chi connectivity index (χ0n) is 14.6. The van der Waals surface area contributed by atoms with Crippen LogP contribution in [0.3, 0.4) is 0 Å². The summed E-state index contributed by atoms with van der Waals surface area (Å²) in [7, 11) is -1.39. The molecule has 0 radical (unpaired) electrons. The van der Waals surface area contributed by atoms with Gasteiger partial charge in [0, 0.05) is 31.4 Å². The van der Waals surface area contributed by atoms with Gasteiger partial charge in [0.25, 0.3) is 0 Å². The zero-order valence-corrected chi connectivity index (χ0v) is 15.4. The van der Waals surface area contributed by atoms with Crippen molar-refractivity contribution in [3.63, 3.8) is 0 Å². The van der Waals surface area contributed by atoms with Gasteiger partial charge < -0.3 is 10.2 Å². The van der Waals surface area contributed by atoms with E-state index >= 15 is 0 Å². The Hall–Kier alpha value is -2.35. The maximum atomic E-state index is 12.9. The molecule has 1 aromatic carbocycles. The fourth-order valence-electron chi connectivity index (χ4n) is 3.86. The molecule has 2 amide bonds. The number of carbonyl (C=O) groups excluding carboxylic acids is 1. The molecule has 0 bridgehead atoms. The number of hydrogen-bond acceptors (Lipinski definition) is 4. The van der Waals surface area contributed by atoms with E-state index in [1.54, 1.807) is 29.0 Å². The number of amides is 2. The Balaban J connectivity index is 1.50. The van der Waals surface area contributed by atoms with E-state index in [-0.39, 0.29) is 30.1 Å². The van der Waals surface area contributed by atoms with Crippen molar-refractivity contribution in [2.45, 2.75) is 24.9 Å². The number of hydrogen-bond donors (Lipinski definition) is 1. The van der Waals surface area contributed by atoms with Crippen LogP contribution in [0.2, 0.25) is 0 Å². The van der Waals surface area contributed by atoms with E-state index < -0.39 is 15.9 Å². The maximum Gasteiger partial charge on any atom is 0.318 e. The van der Waals surface area contributed by atoms with Crippen LogP contribution < -0.4 is 5.32 Å². The normalized spacial score (nSPS) is 22.2. The average Bonchev–Trinajstić information content (AvgIpc) is 3.19. The number of benzene rings is 1. The lowest BCUT2D eigenvalue weighted by molar-refractivity contribution is 0.177. The largest absolute Gasteiger partial charge is 0.335 e. The summed E-state index contributed by atoms with van der Waals surface area (Å²) in [4.78, 5) is 14.5. The topological polar surface area (TPSA) is 84.3 Å². The highest BCUT2D eigenvalue weighted by Gasteiger charge is 2.37. The molecule has 8 heteroatoms. The predicted molar refractivity (Wildman–Crippen MR) is 97.5 cm³/mol. The summed E-state index contributed by atoms with van der Waals surface area (Å²) in [5, 5.41) is 7.22. The zero-order chi connectivity index (χ0) is 18.3. The third-order valence-corrected chi connectivity index (χ3v) is 6.81. The molecule has 1 N–H and O–H groups in total. The highest BCUT2D eigenvalue weighted by Crippen LogP contribution is 2.27. The molecule has 1 aliphatic heterocycles. The Kier molecular flexibility index (Phi) is 4.22. The molecule has 2 aromatic rings. The molecule has 138 valence electrons. The average molecular weight is 374 g/mol. The second-order valence-corrected chi connectivity index (χ2v) is 9.32. The van der Waals surface area contributed by atoms with E-state index in [4.69, 9.17) is 0 Å². The molecule has 0 spiro atoms. The Bertz CT molecular complexity index is 912. The van der Waals surface area contributed by atoms with Crippen molar-refractivity contribution >= 4 is 15.9 Å². The standard InChI is InChI=1S/C18H22N4O3S/c1-21-11-15(10-19-21)17-12-26(24,25)7-6-22(17)18(23)20-16-8-13-4-2-3-5-14(13)9-16/h2-5,10-11,16-17H,6-9,12H2,1H3,(H,20,23)/t17-/m1/s1. The Labute approximate surface area is 152 Å². The third kappa shape index (κ3) is 3.33. The van der Waals surface area contributed by atoms with Crippen LogP contribution in [0.25, 0.3) is 0 Å². The van der Waals surface area contributed by atoms with Gasteiger partial charge in [-0.3, -0.25) is 4.68 Å². The quantitative estimate of drug-likeness (QED) is 0.852. The van der Waals surface area contributed by atoms with Crippen LogP contribution in [-0.2, 0) is 29.7 Å². The van der Waals surface area contributed by atoms with Gasteiger partial charge >= 0.3 is 6.03 Å². The second-order valence-electron chi connectivity index (χ2n) is 7.09. The molecule has 1 aromatic heterocycles. The first-order valence-electron chi connectivity index (χ1n) is 8.74. The van der Waals surface area contributed by atoms with E-state index in [1.165, 1.54) is 11.1 Å². The van der Waals surface area contributed by atoms with E-state index in [9.17, 15) is 13.2 Å². The molecule has 26 heavy (non-hydrogen) atoms. The number of nitrogens with one attached hydrogen (secondary N) is 1. The minimum Gasteiger partial charge on any atom is -0.335 e.